The number of benzene rings is 1. The number of likely N-dealkylation sites (tertiary alicyclic amines) is 1. The number of hydrogen-bond acceptors (Lipinski definition) is 12. The minimum Gasteiger partial charge on any atom is -0.382 e. The minimum absolute atomic E-state index is 0.0148. The van der Waals surface area contributed by atoms with Crippen molar-refractivity contribution in [2.45, 2.75) is 98.2 Å². The van der Waals surface area contributed by atoms with E-state index in [-0.39, 0.29) is 61.0 Å². The van der Waals surface area contributed by atoms with Crippen molar-refractivity contribution in [1.82, 2.24) is 51.7 Å². The Morgan fingerprint density at radius 2 is 1.49 bits per heavy atom. The molecule has 1 aliphatic heterocycles. The summed E-state index contributed by atoms with van der Waals surface area (Å²) in [7, 11) is 4.43. The van der Waals surface area contributed by atoms with Crippen LogP contribution in [0.2, 0.25) is 0 Å². The number of hydrogen-bond donors (Lipinski definition) is 7. The first kappa shape index (κ1) is 58.5. The number of nitrogens with one attached hydrogen (secondary N) is 7. The number of amides is 9. The van der Waals surface area contributed by atoms with Crippen LogP contribution in [0.3, 0.4) is 0 Å². The van der Waals surface area contributed by atoms with Crippen molar-refractivity contribution in [2.75, 3.05) is 65.9 Å². The molecule has 1 aromatic carbocycles. The zero-order valence-electron chi connectivity index (χ0n) is 40.5. The van der Waals surface area contributed by atoms with E-state index < -0.39 is 54.6 Å². The normalized spacial score (nSPS) is 15.9. The van der Waals surface area contributed by atoms with Crippen molar-refractivity contribution in [1.29, 1.82) is 0 Å². The average Bonchev–Trinajstić information content (AvgIpc) is 3.68. The Morgan fingerprint density at radius 1 is 0.866 bits per heavy atom. The number of ketones is 1. The Bertz CT molecular complexity index is 1850. The van der Waals surface area contributed by atoms with Crippen LogP contribution in [0, 0.1) is 17.8 Å². The predicted molar refractivity (Wildman–Crippen MR) is 252 cm³/mol. The lowest BCUT2D eigenvalue weighted by Crippen LogP contribution is -2.53. The molecule has 1 saturated carbocycles. The van der Waals surface area contributed by atoms with Gasteiger partial charge in [-0.15, -0.1) is 0 Å². The van der Waals surface area contributed by atoms with Gasteiger partial charge < -0.3 is 51.8 Å². The first-order valence-corrected chi connectivity index (χ1v) is 22.6. The third-order valence-corrected chi connectivity index (χ3v) is 9.60. The molecule has 0 radical (unpaired) electrons. The first-order valence-electron chi connectivity index (χ1n) is 22.6. The lowest BCUT2D eigenvalue weighted by atomic mass is 9.83. The topological polar surface area (TPSA) is 279 Å². The van der Waals surface area contributed by atoms with Gasteiger partial charge in [-0.1, -0.05) is 85.4 Å². The average molecular weight is 940 g/mol. The van der Waals surface area contributed by atoms with Gasteiger partial charge in [0, 0.05) is 52.4 Å². The summed E-state index contributed by atoms with van der Waals surface area (Å²) in [6.45, 7) is 12.4. The second kappa shape index (κ2) is 33.0. The van der Waals surface area contributed by atoms with E-state index >= 15 is 0 Å². The summed E-state index contributed by atoms with van der Waals surface area (Å²) >= 11 is 0. The van der Waals surface area contributed by atoms with Crippen molar-refractivity contribution >= 4 is 59.4 Å². The number of methoxy groups -OCH3 is 1. The molecule has 21 heteroatoms. The van der Waals surface area contributed by atoms with Crippen molar-refractivity contribution in [3.8, 4) is 0 Å². The summed E-state index contributed by atoms with van der Waals surface area (Å²) in [5.74, 6) is -3.26. The molecule has 1 saturated heterocycles. The van der Waals surface area contributed by atoms with E-state index in [2.05, 4.69) is 76.5 Å². The number of aromatic nitrogens is 2. The van der Waals surface area contributed by atoms with Crippen LogP contribution in [0.25, 0.3) is 0 Å². The number of ether oxygens (including phenoxy) is 1. The molecule has 1 unspecified atom stereocenters. The molecule has 67 heavy (non-hydrogen) atoms. The highest BCUT2D eigenvalue weighted by atomic mass is 16.5. The molecule has 4 atom stereocenters. The number of likely N-dealkylation sites (N-methyl/N-ethyl adjacent to an activating group) is 1. The van der Waals surface area contributed by atoms with Gasteiger partial charge in [-0.2, -0.15) is 0 Å². The van der Waals surface area contributed by atoms with Gasteiger partial charge in [0.05, 0.1) is 38.5 Å². The molecule has 0 bridgehead atoms. The van der Waals surface area contributed by atoms with Crippen LogP contribution < -0.4 is 37.2 Å². The molecule has 372 valence electrons. The van der Waals surface area contributed by atoms with Gasteiger partial charge in [-0.3, -0.25) is 43.3 Å². The fourth-order valence-corrected chi connectivity index (χ4v) is 6.45. The van der Waals surface area contributed by atoms with Crippen LogP contribution in [0.5, 0.6) is 0 Å². The largest absolute Gasteiger partial charge is 0.382 e. The van der Waals surface area contributed by atoms with Crippen molar-refractivity contribution in [2.24, 2.45) is 17.8 Å². The quantitative estimate of drug-likeness (QED) is 0.0831. The van der Waals surface area contributed by atoms with E-state index in [1.54, 1.807) is 4.90 Å². The van der Waals surface area contributed by atoms with Crippen LogP contribution in [0.15, 0.2) is 48.9 Å². The second-order valence-electron chi connectivity index (χ2n) is 16.9. The highest BCUT2D eigenvalue weighted by molar-refractivity contribution is 6.37. The second-order valence-corrected chi connectivity index (χ2v) is 16.9. The monoisotopic (exact) mass is 940 g/mol. The molecule has 1 aliphatic carbocycles. The molecule has 21 nitrogen and oxygen atoms in total. The Labute approximate surface area is 394 Å². The molecule has 7 N–H and O–H groups in total. The standard InChI is InChI=1S/C27H35N7O4.C12H20N4O6.C4H10.C3H8/c1-18-16-34(27(38)31-20-10-6-3-7-11-20)17-22(18)32-23(35)15-30-26(37)24(19-8-4-2-5-9-19)33-25(36)21-14-28-12-13-29-21;1-16(2)12(21)8(6-22-3)15-10(19)5-14-11(20)9(18)4-13-7-17;1-4(2)3;1-3-2/h3,6-7,10-14,18-19,22,24H,2,4-5,8-9,15-17H2,1H3,(H,30,37)(H,31,38)(H,32,35)(H,33,36);7-8H,4-6H2,1-3H3,(H,13,17)(H,14,20)(H,15,19);4H,1-3H3;3H2,1-2H3/t18-,22+,24?;8-;;/m10../s1. The Kier molecular flexibility index (Phi) is 28.8. The fourth-order valence-electron chi connectivity index (χ4n) is 6.45. The van der Waals surface area contributed by atoms with E-state index in [1.807, 2.05) is 42.6 Å². The molecule has 0 spiro atoms. The highest BCUT2D eigenvalue weighted by Gasteiger charge is 2.35. The maximum absolute atomic E-state index is 13.1. The van der Waals surface area contributed by atoms with E-state index in [1.165, 1.54) is 51.1 Å². The maximum atomic E-state index is 13.1. The molecular formula is C46H73N11O10. The van der Waals surface area contributed by atoms with E-state index in [0.717, 1.165) is 38.0 Å². The third-order valence-electron chi connectivity index (χ3n) is 9.60. The Balaban J connectivity index is 0.000000656. The summed E-state index contributed by atoms with van der Waals surface area (Å²) in [5.41, 5.74) is 0.842. The van der Waals surface area contributed by atoms with Gasteiger partial charge in [-0.05, 0) is 42.7 Å². The molecular weight excluding hydrogens is 867 g/mol. The SMILES string of the molecule is CC(C)C.CCC.COC[C@H](NC(=O)CNC(=O)C(=O)CNC=O)C(=O)N(C)C.C[C@@H]1CN(C(=O)Nc2ccccc2)C[C@@H]1NC(=O)CNC(=O)C(NC(=O)c1cnccn1)C1CCCCC1. The first-order chi connectivity index (χ1) is 31.9. The van der Waals surface area contributed by atoms with Crippen LogP contribution in [-0.2, 0) is 38.3 Å². The van der Waals surface area contributed by atoms with Crippen molar-refractivity contribution < 1.29 is 47.9 Å². The number of carbonyl (C=O) groups excluding carboxylic acids is 9. The van der Waals surface area contributed by atoms with Gasteiger partial charge in [-0.25, -0.2) is 9.78 Å². The smallest absolute Gasteiger partial charge is 0.321 e. The van der Waals surface area contributed by atoms with Crippen LogP contribution in [-0.4, -0.2) is 152 Å². The maximum Gasteiger partial charge on any atom is 0.321 e. The molecule has 2 heterocycles. The number of anilines is 1. The van der Waals surface area contributed by atoms with Crippen LogP contribution >= 0.6 is 0 Å². The summed E-state index contributed by atoms with van der Waals surface area (Å²) in [5, 5.41) is 17.8. The molecule has 9 amide bonds. The van der Waals surface area contributed by atoms with Crippen molar-refractivity contribution in [3.63, 3.8) is 0 Å². The molecule has 2 aliphatic rings. The minimum atomic E-state index is -1.01. The van der Waals surface area contributed by atoms with E-state index in [9.17, 15) is 43.2 Å². The van der Waals surface area contributed by atoms with E-state index in [4.69, 9.17) is 4.74 Å². The summed E-state index contributed by atoms with van der Waals surface area (Å²) < 4.78 is 4.84. The number of rotatable bonds is 18. The lowest BCUT2D eigenvalue weighted by molar-refractivity contribution is -0.139. The lowest BCUT2D eigenvalue weighted by Gasteiger charge is -2.30. The molecule has 4 rings (SSSR count). The number of para-hydroxylation sites is 1. The summed E-state index contributed by atoms with van der Waals surface area (Å²) in [6.07, 6.45) is 10.5. The Hall–Kier alpha value is -6.51. The van der Waals surface area contributed by atoms with E-state index in [0.29, 0.717) is 18.8 Å². The van der Waals surface area contributed by atoms with Gasteiger partial charge in [0.1, 0.15) is 17.8 Å². The molecule has 2 aromatic rings. The van der Waals surface area contributed by atoms with Gasteiger partial charge >= 0.3 is 6.03 Å². The van der Waals surface area contributed by atoms with Gasteiger partial charge in [0.15, 0.2) is 0 Å². The third kappa shape index (κ3) is 24.0. The van der Waals surface area contributed by atoms with Gasteiger partial charge in [0.25, 0.3) is 11.8 Å². The number of nitrogens with zero attached hydrogens (tertiary/aromatic N) is 4. The summed E-state index contributed by atoms with van der Waals surface area (Å²) in [6, 6.07) is 7.09. The number of Topliss-reactive ketones (excluding diaryl/α,β-unsaturated/α-hetero) is 1. The Morgan fingerprint density at radius 3 is 2.06 bits per heavy atom. The van der Waals surface area contributed by atoms with Gasteiger partial charge in [0.2, 0.25) is 35.8 Å². The summed E-state index contributed by atoms with van der Waals surface area (Å²) in [4.78, 5) is 118. The zero-order valence-corrected chi connectivity index (χ0v) is 40.5. The molecule has 2 fully saturated rings. The highest BCUT2D eigenvalue weighted by Crippen LogP contribution is 2.27. The fraction of sp³-hybridized carbons (Fsp3) is 0.587. The number of carbonyl (C=O) groups is 9. The predicted octanol–water partition coefficient (Wildman–Crippen LogP) is 1.66. The zero-order chi connectivity index (χ0) is 50.3. The van der Waals surface area contributed by atoms with Crippen LogP contribution in [0.1, 0.15) is 90.6 Å². The molecule has 1 aromatic heterocycles. The van der Waals surface area contributed by atoms with Crippen molar-refractivity contribution in [3.05, 3.63) is 54.6 Å². The van der Waals surface area contributed by atoms with Crippen LogP contribution in [0.4, 0.5) is 10.5 Å². The number of urea groups is 1.